The lowest BCUT2D eigenvalue weighted by molar-refractivity contribution is -0.122. The van der Waals surface area contributed by atoms with Gasteiger partial charge in [-0.05, 0) is 61.9 Å². The van der Waals surface area contributed by atoms with E-state index in [1.807, 2.05) is 47.2 Å². The highest BCUT2D eigenvalue weighted by molar-refractivity contribution is 5.96. The van der Waals surface area contributed by atoms with Gasteiger partial charge >= 0.3 is 0 Å². The smallest absolute Gasteiger partial charge is 0.227 e. The Morgan fingerprint density at radius 1 is 1.11 bits per heavy atom. The Labute approximate surface area is 210 Å². The van der Waals surface area contributed by atoms with Crippen LogP contribution >= 0.6 is 0 Å². The number of benzene rings is 2. The molecule has 2 fully saturated rings. The van der Waals surface area contributed by atoms with Crippen LogP contribution in [0.15, 0.2) is 61.2 Å². The Hall–Kier alpha value is -4.05. The molecular weight excluding hydrogens is 450 g/mol. The lowest BCUT2D eigenvalue weighted by Gasteiger charge is -2.30. The fourth-order valence-corrected chi connectivity index (χ4v) is 5.12. The Morgan fingerprint density at radius 2 is 1.92 bits per heavy atom. The standard InChI is InChI=1S/C29H29N5O2/c30-18-26-25-12-11-24(36-16-15-33-14-13-31-19-33)17-27(25)34(23-5-2-6-23)28(26)20-7-9-22(10-8-20)32-29(35)21-3-1-4-21/h7-14,17,19,21,23H,1-6,15-16H2,(H,32,35). The molecule has 7 heteroatoms. The van der Waals surface area contributed by atoms with Crippen molar-refractivity contribution in [2.75, 3.05) is 11.9 Å². The van der Waals surface area contributed by atoms with E-state index >= 15 is 0 Å². The van der Waals surface area contributed by atoms with E-state index in [0.717, 1.165) is 72.2 Å². The van der Waals surface area contributed by atoms with E-state index in [1.165, 1.54) is 6.42 Å². The van der Waals surface area contributed by atoms with Gasteiger partial charge in [0.1, 0.15) is 18.4 Å². The number of amides is 1. The molecule has 1 amide bonds. The summed E-state index contributed by atoms with van der Waals surface area (Å²) in [5.74, 6) is 1.05. The number of fused-ring (bicyclic) bond motifs is 1. The molecule has 0 aliphatic heterocycles. The molecule has 0 atom stereocenters. The van der Waals surface area contributed by atoms with Gasteiger partial charge < -0.3 is 19.2 Å². The molecule has 0 unspecified atom stereocenters. The summed E-state index contributed by atoms with van der Waals surface area (Å²) in [6, 6.07) is 16.8. The largest absolute Gasteiger partial charge is 0.492 e. The number of hydrogen-bond acceptors (Lipinski definition) is 4. The van der Waals surface area contributed by atoms with Crippen molar-refractivity contribution in [3.8, 4) is 23.1 Å². The second kappa shape index (κ2) is 9.54. The first-order chi connectivity index (χ1) is 17.7. The monoisotopic (exact) mass is 479 g/mol. The fraction of sp³-hybridized carbons (Fsp3) is 0.345. The van der Waals surface area contributed by atoms with E-state index in [1.54, 1.807) is 12.5 Å². The van der Waals surface area contributed by atoms with Crippen LogP contribution in [0, 0.1) is 17.2 Å². The zero-order valence-corrected chi connectivity index (χ0v) is 20.2. The Kier molecular flexibility index (Phi) is 5.94. The van der Waals surface area contributed by atoms with Gasteiger partial charge in [0.2, 0.25) is 5.91 Å². The molecule has 0 radical (unpaired) electrons. The van der Waals surface area contributed by atoms with Crippen LogP contribution in [0.25, 0.3) is 22.2 Å². The number of nitriles is 1. The number of carbonyl (C=O) groups excluding carboxylic acids is 1. The quantitative estimate of drug-likeness (QED) is 0.340. The Morgan fingerprint density at radius 3 is 2.56 bits per heavy atom. The van der Waals surface area contributed by atoms with Crippen LogP contribution in [0.4, 0.5) is 5.69 Å². The van der Waals surface area contributed by atoms with Gasteiger partial charge in [0.25, 0.3) is 0 Å². The number of rotatable bonds is 8. The Balaban J connectivity index is 1.32. The highest BCUT2D eigenvalue weighted by Crippen LogP contribution is 2.43. The summed E-state index contributed by atoms with van der Waals surface area (Å²) in [6.45, 7) is 1.26. The van der Waals surface area contributed by atoms with Crippen molar-refractivity contribution in [3.63, 3.8) is 0 Å². The molecule has 182 valence electrons. The summed E-state index contributed by atoms with van der Waals surface area (Å²) in [7, 11) is 0. The molecule has 4 aromatic rings. The number of hydrogen-bond donors (Lipinski definition) is 1. The maximum Gasteiger partial charge on any atom is 0.227 e. The second-order valence-corrected chi connectivity index (χ2v) is 9.81. The van der Waals surface area contributed by atoms with Crippen molar-refractivity contribution in [3.05, 3.63) is 66.7 Å². The lowest BCUT2D eigenvalue weighted by atomic mass is 9.85. The number of aromatic nitrogens is 3. The summed E-state index contributed by atoms with van der Waals surface area (Å²) in [4.78, 5) is 16.4. The van der Waals surface area contributed by atoms with Crippen molar-refractivity contribution < 1.29 is 9.53 Å². The highest BCUT2D eigenvalue weighted by atomic mass is 16.5. The van der Waals surface area contributed by atoms with Gasteiger partial charge in [-0.2, -0.15) is 5.26 Å². The van der Waals surface area contributed by atoms with Gasteiger partial charge in [-0.25, -0.2) is 4.98 Å². The topological polar surface area (TPSA) is 84.9 Å². The van der Waals surface area contributed by atoms with Gasteiger partial charge in [0.05, 0.1) is 29.6 Å². The van der Waals surface area contributed by atoms with Crippen molar-refractivity contribution in [2.24, 2.45) is 5.92 Å². The molecule has 36 heavy (non-hydrogen) atoms. The second-order valence-electron chi connectivity index (χ2n) is 9.81. The molecule has 0 bridgehead atoms. The van der Waals surface area contributed by atoms with Crippen molar-refractivity contribution in [1.82, 2.24) is 14.1 Å². The summed E-state index contributed by atoms with van der Waals surface area (Å²) in [5.41, 5.74) is 4.46. The number of imidazole rings is 1. The third-order valence-electron chi connectivity index (χ3n) is 7.61. The average molecular weight is 480 g/mol. The normalized spacial score (nSPS) is 15.8. The lowest BCUT2D eigenvalue weighted by Crippen LogP contribution is -2.27. The molecular formula is C29H29N5O2. The van der Waals surface area contributed by atoms with Crippen LogP contribution in [0.3, 0.4) is 0 Å². The van der Waals surface area contributed by atoms with E-state index < -0.39 is 0 Å². The SMILES string of the molecule is N#Cc1c(-c2ccc(NC(=O)C3CCC3)cc2)n(C2CCC2)c2cc(OCCn3ccnc3)ccc12. The van der Waals surface area contributed by atoms with Crippen LogP contribution < -0.4 is 10.1 Å². The first-order valence-electron chi connectivity index (χ1n) is 12.8. The minimum absolute atomic E-state index is 0.107. The van der Waals surface area contributed by atoms with Crippen LogP contribution in [0.2, 0.25) is 0 Å². The van der Waals surface area contributed by atoms with Gasteiger partial charge in [0, 0.05) is 41.5 Å². The zero-order chi connectivity index (χ0) is 24.5. The summed E-state index contributed by atoms with van der Waals surface area (Å²) < 4.78 is 10.4. The maximum absolute atomic E-state index is 12.4. The van der Waals surface area contributed by atoms with Gasteiger partial charge in [-0.15, -0.1) is 0 Å². The molecule has 2 saturated carbocycles. The van der Waals surface area contributed by atoms with Crippen LogP contribution in [-0.2, 0) is 11.3 Å². The highest BCUT2D eigenvalue weighted by Gasteiger charge is 2.28. The average Bonchev–Trinajstić information content (AvgIpc) is 3.44. The van der Waals surface area contributed by atoms with E-state index in [9.17, 15) is 10.1 Å². The van der Waals surface area contributed by atoms with Crippen LogP contribution in [0.5, 0.6) is 5.75 Å². The number of carbonyl (C=O) groups is 1. The van der Waals surface area contributed by atoms with Crippen molar-refractivity contribution in [1.29, 1.82) is 5.26 Å². The van der Waals surface area contributed by atoms with E-state index in [4.69, 9.17) is 4.74 Å². The zero-order valence-electron chi connectivity index (χ0n) is 20.2. The first-order valence-corrected chi connectivity index (χ1v) is 12.8. The third kappa shape index (κ3) is 4.13. The van der Waals surface area contributed by atoms with Crippen LogP contribution in [0.1, 0.15) is 50.1 Å². The number of anilines is 1. The van der Waals surface area contributed by atoms with Gasteiger partial charge in [0.15, 0.2) is 0 Å². The minimum Gasteiger partial charge on any atom is -0.492 e. The Bertz CT molecular complexity index is 1420. The molecule has 0 saturated heterocycles. The molecule has 0 spiro atoms. The molecule has 2 aliphatic carbocycles. The van der Waals surface area contributed by atoms with E-state index in [2.05, 4.69) is 27.0 Å². The molecule has 2 aromatic carbocycles. The number of nitrogens with zero attached hydrogens (tertiary/aromatic N) is 4. The molecule has 7 nitrogen and oxygen atoms in total. The van der Waals surface area contributed by atoms with Gasteiger partial charge in [-0.3, -0.25) is 4.79 Å². The van der Waals surface area contributed by atoms with Gasteiger partial charge in [-0.1, -0.05) is 18.6 Å². The predicted molar refractivity (Wildman–Crippen MR) is 139 cm³/mol. The molecule has 6 rings (SSSR count). The third-order valence-corrected chi connectivity index (χ3v) is 7.61. The molecule has 2 aromatic heterocycles. The summed E-state index contributed by atoms with van der Waals surface area (Å²) >= 11 is 0. The van der Waals surface area contributed by atoms with Crippen molar-refractivity contribution >= 4 is 22.5 Å². The van der Waals surface area contributed by atoms with Crippen molar-refractivity contribution in [2.45, 2.75) is 51.1 Å². The molecule has 2 aliphatic rings. The predicted octanol–water partition coefficient (Wildman–Crippen LogP) is 5.92. The maximum atomic E-state index is 12.4. The summed E-state index contributed by atoms with van der Waals surface area (Å²) in [5, 5.41) is 14.2. The minimum atomic E-state index is 0.107. The van der Waals surface area contributed by atoms with Crippen LogP contribution in [-0.4, -0.2) is 26.6 Å². The molecule has 1 N–H and O–H groups in total. The summed E-state index contributed by atoms with van der Waals surface area (Å²) in [6.07, 6.45) is 11.9. The van der Waals surface area contributed by atoms with E-state index in [0.29, 0.717) is 18.2 Å². The number of ether oxygens (including phenoxy) is 1. The first kappa shape index (κ1) is 22.4. The number of nitrogens with one attached hydrogen (secondary N) is 1. The van der Waals surface area contributed by atoms with E-state index in [-0.39, 0.29) is 11.8 Å². The fourth-order valence-electron chi connectivity index (χ4n) is 5.12. The molecule has 2 heterocycles.